The van der Waals surface area contributed by atoms with E-state index in [0.29, 0.717) is 28.4 Å². The Balaban J connectivity index is 1.72. The van der Waals surface area contributed by atoms with Gasteiger partial charge in [0.1, 0.15) is 5.00 Å². The zero-order valence-electron chi connectivity index (χ0n) is 15.4. The number of benzene rings is 1. The summed E-state index contributed by atoms with van der Waals surface area (Å²) in [4.78, 5) is 37.6. The minimum atomic E-state index is -0.387. The zero-order valence-corrected chi connectivity index (χ0v) is 16.2. The molecule has 1 amide bonds. The Labute approximate surface area is 161 Å². The average molecular weight is 386 g/mol. The first-order valence-corrected chi connectivity index (χ1v) is 9.78. The standard InChI is InChI=1S/C20H22N2O4S/c1-3-26-20(25)18-14-8-6-10-16(14)27-19(18)22-17(24)11-21-15-9-5-4-7-13(15)12(2)23/h4-5,7,9,21H,3,6,8,10-11H2,1-2H3,(H,22,24). The van der Waals surface area contributed by atoms with Crippen molar-refractivity contribution >= 4 is 39.7 Å². The number of anilines is 2. The van der Waals surface area contributed by atoms with Gasteiger partial charge in [-0.05, 0) is 50.8 Å². The molecule has 2 aromatic rings. The molecule has 0 spiro atoms. The van der Waals surface area contributed by atoms with Crippen LogP contribution in [-0.4, -0.2) is 30.8 Å². The van der Waals surface area contributed by atoms with E-state index in [2.05, 4.69) is 10.6 Å². The number of rotatable bonds is 7. The van der Waals surface area contributed by atoms with Crippen LogP contribution in [0.3, 0.4) is 0 Å². The Morgan fingerprint density at radius 3 is 2.70 bits per heavy atom. The molecule has 1 aliphatic rings. The maximum Gasteiger partial charge on any atom is 0.341 e. The number of ketones is 1. The summed E-state index contributed by atoms with van der Waals surface area (Å²) >= 11 is 1.45. The lowest BCUT2D eigenvalue weighted by molar-refractivity contribution is -0.114. The van der Waals surface area contributed by atoms with Crippen molar-refractivity contribution in [2.24, 2.45) is 0 Å². The van der Waals surface area contributed by atoms with Crippen LogP contribution in [0.25, 0.3) is 0 Å². The number of carbonyl (C=O) groups is 3. The lowest BCUT2D eigenvalue weighted by Crippen LogP contribution is -2.23. The Morgan fingerprint density at radius 1 is 1.19 bits per heavy atom. The summed E-state index contributed by atoms with van der Waals surface area (Å²) in [5.41, 5.74) is 2.64. The number of ether oxygens (including phenoxy) is 1. The predicted molar refractivity (Wildman–Crippen MR) is 106 cm³/mol. The van der Waals surface area contributed by atoms with Gasteiger partial charge in [-0.2, -0.15) is 0 Å². The van der Waals surface area contributed by atoms with E-state index in [4.69, 9.17) is 4.74 Å². The maximum absolute atomic E-state index is 12.4. The van der Waals surface area contributed by atoms with E-state index in [1.54, 1.807) is 31.2 Å². The van der Waals surface area contributed by atoms with Crippen molar-refractivity contribution in [2.75, 3.05) is 23.8 Å². The highest BCUT2D eigenvalue weighted by Gasteiger charge is 2.28. The largest absolute Gasteiger partial charge is 0.462 e. The topological polar surface area (TPSA) is 84.5 Å². The maximum atomic E-state index is 12.4. The van der Waals surface area contributed by atoms with Gasteiger partial charge in [-0.1, -0.05) is 12.1 Å². The van der Waals surface area contributed by atoms with E-state index in [1.165, 1.54) is 18.3 Å². The molecule has 0 radical (unpaired) electrons. The summed E-state index contributed by atoms with van der Waals surface area (Å²) in [6.45, 7) is 3.54. The Morgan fingerprint density at radius 2 is 1.96 bits per heavy atom. The number of para-hydroxylation sites is 1. The van der Waals surface area contributed by atoms with Gasteiger partial charge in [-0.15, -0.1) is 11.3 Å². The number of esters is 1. The van der Waals surface area contributed by atoms with Crippen LogP contribution in [0.5, 0.6) is 0 Å². The summed E-state index contributed by atoms with van der Waals surface area (Å²) in [6.07, 6.45) is 2.78. The van der Waals surface area contributed by atoms with Crippen molar-refractivity contribution in [3.63, 3.8) is 0 Å². The number of hydrogen-bond acceptors (Lipinski definition) is 6. The van der Waals surface area contributed by atoms with Crippen LogP contribution in [0.2, 0.25) is 0 Å². The van der Waals surface area contributed by atoms with Crippen LogP contribution in [0, 0.1) is 0 Å². The van der Waals surface area contributed by atoms with Gasteiger partial charge in [0.2, 0.25) is 5.91 Å². The molecule has 0 fully saturated rings. The number of nitrogens with one attached hydrogen (secondary N) is 2. The van der Waals surface area contributed by atoms with Crippen molar-refractivity contribution in [2.45, 2.75) is 33.1 Å². The molecule has 1 aromatic heterocycles. The van der Waals surface area contributed by atoms with Crippen molar-refractivity contribution in [1.29, 1.82) is 0 Å². The van der Waals surface area contributed by atoms with Crippen LogP contribution in [-0.2, 0) is 22.4 Å². The molecule has 3 rings (SSSR count). The molecule has 0 saturated carbocycles. The minimum absolute atomic E-state index is 0.00484. The second-order valence-electron chi connectivity index (χ2n) is 6.29. The molecule has 2 N–H and O–H groups in total. The van der Waals surface area contributed by atoms with E-state index in [9.17, 15) is 14.4 Å². The summed E-state index contributed by atoms with van der Waals surface area (Å²) in [6, 6.07) is 7.05. The normalized spacial score (nSPS) is 12.4. The molecule has 1 heterocycles. The van der Waals surface area contributed by atoms with Crippen LogP contribution >= 0.6 is 11.3 Å². The van der Waals surface area contributed by atoms with Crippen LogP contribution in [0.15, 0.2) is 24.3 Å². The van der Waals surface area contributed by atoms with Gasteiger partial charge in [-0.25, -0.2) is 4.79 Å². The fraction of sp³-hybridized carbons (Fsp3) is 0.350. The number of thiophene rings is 1. The lowest BCUT2D eigenvalue weighted by Gasteiger charge is -2.11. The molecule has 7 heteroatoms. The van der Waals surface area contributed by atoms with E-state index < -0.39 is 0 Å². The smallest absolute Gasteiger partial charge is 0.341 e. The number of hydrogen-bond donors (Lipinski definition) is 2. The molecule has 1 aliphatic carbocycles. The first kappa shape index (κ1) is 19.1. The number of carbonyl (C=O) groups excluding carboxylic acids is 3. The highest BCUT2D eigenvalue weighted by Crippen LogP contribution is 2.39. The number of fused-ring (bicyclic) bond motifs is 1. The average Bonchev–Trinajstić information content (AvgIpc) is 3.20. The molecule has 142 valence electrons. The van der Waals surface area contributed by atoms with E-state index in [0.717, 1.165) is 29.7 Å². The van der Waals surface area contributed by atoms with Gasteiger partial charge in [0, 0.05) is 16.1 Å². The molecule has 1 aromatic carbocycles. The van der Waals surface area contributed by atoms with Gasteiger partial charge in [-0.3, -0.25) is 9.59 Å². The van der Waals surface area contributed by atoms with Crippen molar-refractivity contribution in [3.05, 3.63) is 45.8 Å². The zero-order chi connectivity index (χ0) is 19.4. The Kier molecular flexibility index (Phi) is 5.91. The monoisotopic (exact) mass is 386 g/mol. The van der Waals surface area contributed by atoms with Gasteiger partial charge in [0.15, 0.2) is 5.78 Å². The first-order chi connectivity index (χ1) is 13.0. The second kappa shape index (κ2) is 8.35. The lowest BCUT2D eigenvalue weighted by atomic mass is 10.1. The molecule has 0 atom stereocenters. The summed E-state index contributed by atoms with van der Waals surface area (Å²) in [7, 11) is 0. The molecule has 0 unspecified atom stereocenters. The van der Waals surface area contributed by atoms with Gasteiger partial charge < -0.3 is 15.4 Å². The van der Waals surface area contributed by atoms with Crippen LogP contribution in [0.4, 0.5) is 10.7 Å². The fourth-order valence-corrected chi connectivity index (χ4v) is 4.50. The van der Waals surface area contributed by atoms with Gasteiger partial charge >= 0.3 is 5.97 Å². The first-order valence-electron chi connectivity index (χ1n) is 8.96. The third-order valence-electron chi connectivity index (χ3n) is 4.40. The van der Waals surface area contributed by atoms with Gasteiger partial charge in [0.25, 0.3) is 0 Å². The summed E-state index contributed by atoms with van der Waals surface area (Å²) < 4.78 is 5.17. The molecule has 0 bridgehead atoms. The SMILES string of the molecule is CCOC(=O)c1c(NC(=O)CNc2ccccc2C(C)=O)sc2c1CCC2. The van der Waals surface area contributed by atoms with Crippen molar-refractivity contribution in [1.82, 2.24) is 0 Å². The third kappa shape index (κ3) is 4.19. The van der Waals surface area contributed by atoms with E-state index in [1.807, 2.05) is 0 Å². The minimum Gasteiger partial charge on any atom is -0.462 e. The molecular weight excluding hydrogens is 364 g/mol. The highest BCUT2D eigenvalue weighted by atomic mass is 32.1. The highest BCUT2D eigenvalue weighted by molar-refractivity contribution is 7.17. The summed E-state index contributed by atoms with van der Waals surface area (Å²) in [5, 5.41) is 6.37. The molecule has 0 saturated heterocycles. The Bertz CT molecular complexity index is 888. The van der Waals surface area contributed by atoms with E-state index in [-0.39, 0.29) is 24.2 Å². The molecule has 6 nitrogen and oxygen atoms in total. The van der Waals surface area contributed by atoms with Gasteiger partial charge in [0.05, 0.1) is 18.7 Å². The van der Waals surface area contributed by atoms with Crippen molar-refractivity contribution < 1.29 is 19.1 Å². The van der Waals surface area contributed by atoms with Crippen molar-refractivity contribution in [3.8, 4) is 0 Å². The van der Waals surface area contributed by atoms with Crippen LogP contribution < -0.4 is 10.6 Å². The molecule has 27 heavy (non-hydrogen) atoms. The summed E-state index contributed by atoms with van der Waals surface area (Å²) in [5.74, 6) is -0.737. The third-order valence-corrected chi connectivity index (χ3v) is 5.61. The molecular formula is C20H22N2O4S. The van der Waals surface area contributed by atoms with Crippen LogP contribution in [0.1, 0.15) is 51.4 Å². The quantitative estimate of drug-likeness (QED) is 0.560. The fourth-order valence-electron chi connectivity index (χ4n) is 3.20. The predicted octanol–water partition coefficient (Wildman–Crippen LogP) is 3.67. The second-order valence-corrected chi connectivity index (χ2v) is 7.39. The number of amides is 1. The van der Waals surface area contributed by atoms with E-state index >= 15 is 0 Å². The number of aryl methyl sites for hydroxylation is 1. The Hall–Kier alpha value is -2.67. The number of Topliss-reactive ketones (excluding diaryl/α,β-unsaturated/α-hetero) is 1. The molecule has 0 aliphatic heterocycles.